The lowest BCUT2D eigenvalue weighted by Gasteiger charge is -2.34. The first kappa shape index (κ1) is 17.0. The van der Waals surface area contributed by atoms with E-state index in [-0.39, 0.29) is 11.9 Å². The molecule has 1 N–H and O–H groups in total. The summed E-state index contributed by atoms with van der Waals surface area (Å²) in [6.07, 6.45) is 3.43. The number of para-hydroxylation sites is 1. The monoisotopic (exact) mass is 340 g/mol. The lowest BCUT2D eigenvalue weighted by molar-refractivity contribution is 0.515. The molecule has 6 nitrogen and oxygen atoms in total. The predicted molar refractivity (Wildman–Crippen MR) is 96.3 cm³/mol. The largest absolute Gasteiger partial charge is 0.368 e. The van der Waals surface area contributed by atoms with Gasteiger partial charge in [-0.2, -0.15) is 10.2 Å². The Morgan fingerprint density at radius 2 is 2.04 bits per heavy atom. The molecule has 0 spiro atoms. The summed E-state index contributed by atoms with van der Waals surface area (Å²) in [5, 5.41) is 12.6. The summed E-state index contributed by atoms with van der Waals surface area (Å²) in [5.74, 6) is 1.12. The van der Waals surface area contributed by atoms with Crippen LogP contribution in [0, 0.1) is 17.1 Å². The highest BCUT2D eigenvalue weighted by Crippen LogP contribution is 2.27. The van der Waals surface area contributed by atoms with Crippen molar-refractivity contribution in [3.05, 3.63) is 41.8 Å². The fourth-order valence-electron chi connectivity index (χ4n) is 3.03. The van der Waals surface area contributed by atoms with Gasteiger partial charge < -0.3 is 15.1 Å². The summed E-state index contributed by atoms with van der Waals surface area (Å²) in [5.41, 5.74) is 0.804. The van der Waals surface area contributed by atoms with Crippen LogP contribution < -0.4 is 15.1 Å². The van der Waals surface area contributed by atoms with Crippen molar-refractivity contribution in [2.75, 3.05) is 42.3 Å². The van der Waals surface area contributed by atoms with Crippen LogP contribution in [-0.2, 0) is 0 Å². The normalized spacial score (nSPS) is 14.9. The van der Waals surface area contributed by atoms with Crippen LogP contribution in [0.5, 0.6) is 0 Å². The van der Waals surface area contributed by atoms with Crippen LogP contribution in [0.1, 0.15) is 18.4 Å². The smallest absolute Gasteiger partial charge is 0.226 e. The molecule has 130 valence electrons. The highest BCUT2D eigenvalue weighted by atomic mass is 19.1. The van der Waals surface area contributed by atoms with E-state index in [0.29, 0.717) is 30.3 Å². The van der Waals surface area contributed by atoms with Gasteiger partial charge in [-0.15, -0.1) is 0 Å². The molecule has 0 amide bonds. The number of hydrogen-bond acceptors (Lipinski definition) is 6. The molecular formula is C18H21FN6. The third-order valence-corrected chi connectivity index (χ3v) is 4.31. The number of piperidine rings is 1. The molecule has 2 aromatic rings. The van der Waals surface area contributed by atoms with E-state index in [2.05, 4.69) is 21.4 Å². The van der Waals surface area contributed by atoms with Gasteiger partial charge in [0, 0.05) is 39.4 Å². The van der Waals surface area contributed by atoms with E-state index in [1.165, 1.54) is 6.07 Å². The standard InChI is InChI=1S/C18H21FN6/c1-24(2)18-21-9-6-16(23-18)22-14-7-10-25(11-8-14)17-13(12-20)4-3-5-15(17)19/h3-6,9,14H,7-8,10-11H2,1-2H3,(H,21,22,23). The number of nitrogens with zero attached hydrogens (tertiary/aromatic N) is 5. The van der Waals surface area contributed by atoms with Crippen LogP contribution in [-0.4, -0.2) is 43.2 Å². The molecule has 3 rings (SSSR count). The lowest BCUT2D eigenvalue weighted by atomic mass is 10.0. The van der Waals surface area contributed by atoms with Gasteiger partial charge in [0.15, 0.2) is 0 Å². The molecule has 0 atom stereocenters. The minimum atomic E-state index is -0.336. The van der Waals surface area contributed by atoms with Gasteiger partial charge in [0.25, 0.3) is 0 Å². The Bertz CT molecular complexity index is 777. The van der Waals surface area contributed by atoms with Gasteiger partial charge in [-0.25, -0.2) is 9.37 Å². The molecule has 0 saturated carbocycles. The maximum absolute atomic E-state index is 14.2. The van der Waals surface area contributed by atoms with Crippen molar-refractivity contribution >= 4 is 17.5 Å². The molecule has 7 heteroatoms. The van der Waals surface area contributed by atoms with E-state index < -0.39 is 0 Å². The summed E-state index contributed by atoms with van der Waals surface area (Å²) in [6.45, 7) is 1.39. The third kappa shape index (κ3) is 3.79. The van der Waals surface area contributed by atoms with Gasteiger partial charge in [0.1, 0.15) is 17.7 Å². The van der Waals surface area contributed by atoms with E-state index in [0.717, 1.165) is 18.7 Å². The maximum Gasteiger partial charge on any atom is 0.226 e. The second kappa shape index (κ2) is 7.34. The number of rotatable bonds is 4. The Hall–Kier alpha value is -2.88. The predicted octanol–water partition coefficient (Wildman–Crippen LogP) is 2.63. The number of anilines is 3. The van der Waals surface area contributed by atoms with Crippen LogP contribution >= 0.6 is 0 Å². The van der Waals surface area contributed by atoms with Crippen molar-refractivity contribution in [2.24, 2.45) is 0 Å². The van der Waals surface area contributed by atoms with Crippen molar-refractivity contribution in [3.63, 3.8) is 0 Å². The number of nitriles is 1. The summed E-state index contributed by atoms with van der Waals surface area (Å²) >= 11 is 0. The van der Waals surface area contributed by atoms with E-state index >= 15 is 0 Å². The van der Waals surface area contributed by atoms with Crippen LogP contribution in [0.4, 0.5) is 21.8 Å². The van der Waals surface area contributed by atoms with E-state index in [4.69, 9.17) is 0 Å². The van der Waals surface area contributed by atoms with Crippen LogP contribution in [0.3, 0.4) is 0 Å². The molecule has 0 aliphatic carbocycles. The summed E-state index contributed by atoms with van der Waals surface area (Å²) in [6, 6.07) is 8.83. The number of nitrogens with one attached hydrogen (secondary N) is 1. The Morgan fingerprint density at radius 3 is 2.72 bits per heavy atom. The van der Waals surface area contributed by atoms with Crippen molar-refractivity contribution in [2.45, 2.75) is 18.9 Å². The minimum Gasteiger partial charge on any atom is -0.368 e. The first-order valence-corrected chi connectivity index (χ1v) is 8.29. The summed E-state index contributed by atoms with van der Waals surface area (Å²) < 4.78 is 14.2. The second-order valence-electron chi connectivity index (χ2n) is 6.29. The fourth-order valence-corrected chi connectivity index (χ4v) is 3.03. The zero-order chi connectivity index (χ0) is 17.8. The zero-order valence-electron chi connectivity index (χ0n) is 14.4. The van der Waals surface area contributed by atoms with E-state index in [9.17, 15) is 9.65 Å². The average Bonchev–Trinajstić information content (AvgIpc) is 2.62. The molecule has 1 aromatic heterocycles. The quantitative estimate of drug-likeness (QED) is 0.923. The second-order valence-corrected chi connectivity index (χ2v) is 6.29. The van der Waals surface area contributed by atoms with Crippen LogP contribution in [0.2, 0.25) is 0 Å². The van der Waals surface area contributed by atoms with Gasteiger partial charge in [0.2, 0.25) is 5.95 Å². The average molecular weight is 340 g/mol. The van der Waals surface area contributed by atoms with Gasteiger partial charge in [-0.05, 0) is 31.0 Å². The van der Waals surface area contributed by atoms with Crippen LogP contribution in [0.25, 0.3) is 0 Å². The first-order chi connectivity index (χ1) is 12.1. The Labute approximate surface area is 146 Å². The molecule has 0 radical (unpaired) electrons. The summed E-state index contributed by atoms with van der Waals surface area (Å²) in [4.78, 5) is 12.5. The highest BCUT2D eigenvalue weighted by Gasteiger charge is 2.23. The molecule has 25 heavy (non-hydrogen) atoms. The van der Waals surface area contributed by atoms with Gasteiger partial charge in [0.05, 0.1) is 11.3 Å². The number of benzene rings is 1. The number of aromatic nitrogens is 2. The van der Waals surface area contributed by atoms with Gasteiger partial charge >= 0.3 is 0 Å². The molecule has 1 saturated heterocycles. The maximum atomic E-state index is 14.2. The molecule has 0 unspecified atom stereocenters. The Balaban J connectivity index is 1.65. The zero-order valence-corrected chi connectivity index (χ0v) is 14.4. The fraction of sp³-hybridized carbons (Fsp3) is 0.389. The molecular weight excluding hydrogens is 319 g/mol. The van der Waals surface area contributed by atoms with E-state index in [1.54, 1.807) is 18.3 Å². The first-order valence-electron chi connectivity index (χ1n) is 8.29. The Morgan fingerprint density at radius 1 is 1.28 bits per heavy atom. The van der Waals surface area contributed by atoms with Gasteiger partial charge in [-0.3, -0.25) is 0 Å². The van der Waals surface area contributed by atoms with Crippen molar-refractivity contribution in [1.29, 1.82) is 5.26 Å². The van der Waals surface area contributed by atoms with E-state index in [1.807, 2.05) is 30.0 Å². The van der Waals surface area contributed by atoms with Crippen molar-refractivity contribution in [1.82, 2.24) is 9.97 Å². The van der Waals surface area contributed by atoms with Gasteiger partial charge in [-0.1, -0.05) is 6.07 Å². The Kier molecular flexibility index (Phi) is 4.98. The van der Waals surface area contributed by atoms with Crippen molar-refractivity contribution in [3.8, 4) is 6.07 Å². The minimum absolute atomic E-state index is 0.262. The highest BCUT2D eigenvalue weighted by molar-refractivity contribution is 5.60. The molecule has 1 aliphatic rings. The van der Waals surface area contributed by atoms with Crippen LogP contribution in [0.15, 0.2) is 30.5 Å². The number of hydrogen-bond donors (Lipinski definition) is 1. The molecule has 1 aliphatic heterocycles. The van der Waals surface area contributed by atoms with Crippen molar-refractivity contribution < 1.29 is 4.39 Å². The molecule has 2 heterocycles. The number of halogens is 1. The molecule has 0 bridgehead atoms. The molecule has 1 fully saturated rings. The summed E-state index contributed by atoms with van der Waals surface area (Å²) in [7, 11) is 3.80. The third-order valence-electron chi connectivity index (χ3n) is 4.31. The SMILES string of the molecule is CN(C)c1nccc(NC2CCN(c3c(F)cccc3C#N)CC2)n1. The molecule has 1 aromatic carbocycles. The topological polar surface area (TPSA) is 68.1 Å². The lowest BCUT2D eigenvalue weighted by Crippen LogP contribution is -2.40.